The summed E-state index contributed by atoms with van der Waals surface area (Å²) >= 11 is 0. The van der Waals surface area contributed by atoms with Gasteiger partial charge in [0.05, 0.1) is 6.10 Å². The Bertz CT molecular complexity index is 67.9. The lowest BCUT2D eigenvalue weighted by Gasteiger charge is -2.28. The maximum Gasteiger partial charge on any atom is 0.155 e. The number of hydrogen-bond acceptors (Lipinski definition) is 2. The smallest absolute Gasteiger partial charge is 0.155 e. The minimum Gasteiger partial charge on any atom is -0.368 e. The maximum absolute atomic E-state index is 9.03. The molecule has 2 nitrogen and oxygen atoms in total. The molecule has 3 atom stereocenters. The van der Waals surface area contributed by atoms with Crippen molar-refractivity contribution in [1.29, 1.82) is 0 Å². The summed E-state index contributed by atoms with van der Waals surface area (Å²) in [6.45, 7) is 4.14. The highest BCUT2D eigenvalue weighted by Crippen LogP contribution is 2.22. The Hall–Kier alpha value is -0.0800. The highest BCUT2D eigenvalue weighted by Gasteiger charge is 2.21. The van der Waals surface area contributed by atoms with E-state index >= 15 is 0 Å². The molecule has 1 fully saturated rings. The number of ether oxygens (including phenoxy) is 1. The van der Waals surface area contributed by atoms with Crippen LogP contribution in [0.15, 0.2) is 0 Å². The summed E-state index contributed by atoms with van der Waals surface area (Å²) in [5, 5.41) is 9.03. The molecule has 0 aromatic rings. The van der Waals surface area contributed by atoms with Gasteiger partial charge in [-0.1, -0.05) is 6.92 Å². The molecule has 1 aliphatic rings. The lowest BCUT2D eigenvalue weighted by Crippen LogP contribution is -2.29. The molecule has 0 bridgehead atoms. The first-order chi connectivity index (χ1) is 4.18. The summed E-state index contributed by atoms with van der Waals surface area (Å²) in [6.07, 6.45) is 1.61. The van der Waals surface area contributed by atoms with Crippen molar-refractivity contribution in [2.45, 2.75) is 39.1 Å². The van der Waals surface area contributed by atoms with Crippen molar-refractivity contribution in [3.8, 4) is 0 Å². The van der Waals surface area contributed by atoms with Crippen LogP contribution in [0, 0.1) is 5.92 Å². The van der Waals surface area contributed by atoms with Crippen LogP contribution in [0.5, 0.6) is 0 Å². The molecule has 0 aromatic carbocycles. The molecule has 1 N–H and O–H groups in total. The van der Waals surface area contributed by atoms with Crippen LogP contribution in [0.1, 0.15) is 26.7 Å². The molecule has 1 rings (SSSR count). The first-order valence-electron chi connectivity index (χ1n) is 3.52. The molecule has 0 amide bonds. The molecule has 0 spiro atoms. The van der Waals surface area contributed by atoms with Gasteiger partial charge in [0.1, 0.15) is 0 Å². The highest BCUT2D eigenvalue weighted by atomic mass is 16.6. The van der Waals surface area contributed by atoms with E-state index < -0.39 is 6.29 Å². The van der Waals surface area contributed by atoms with Crippen LogP contribution in [0.4, 0.5) is 0 Å². The van der Waals surface area contributed by atoms with E-state index in [4.69, 9.17) is 9.84 Å². The predicted molar refractivity (Wildman–Crippen MR) is 35.0 cm³/mol. The molecule has 9 heavy (non-hydrogen) atoms. The third-order valence-corrected chi connectivity index (χ3v) is 1.73. The minimum absolute atomic E-state index is 0.240. The zero-order valence-corrected chi connectivity index (χ0v) is 6.00. The zero-order chi connectivity index (χ0) is 6.85. The van der Waals surface area contributed by atoms with Gasteiger partial charge in [-0.15, -0.1) is 0 Å². The van der Waals surface area contributed by atoms with E-state index in [1.54, 1.807) is 0 Å². The third-order valence-electron chi connectivity index (χ3n) is 1.73. The largest absolute Gasteiger partial charge is 0.368 e. The first kappa shape index (κ1) is 7.03. The standard InChI is InChI=1S/C7H14O2/c1-5-3-6(2)9-7(8)4-5/h5-8H,3-4H2,1-2H3/t5?,6-,7+/m0/s1. The molecule has 1 unspecified atom stereocenters. The van der Waals surface area contributed by atoms with E-state index in [9.17, 15) is 0 Å². The molecular weight excluding hydrogens is 116 g/mol. The summed E-state index contributed by atoms with van der Waals surface area (Å²) in [5.41, 5.74) is 0. The second-order valence-corrected chi connectivity index (χ2v) is 2.98. The summed E-state index contributed by atoms with van der Waals surface area (Å²) in [4.78, 5) is 0. The average Bonchev–Trinajstić information content (AvgIpc) is 1.59. The van der Waals surface area contributed by atoms with Crippen molar-refractivity contribution in [2.24, 2.45) is 5.92 Å². The monoisotopic (exact) mass is 130 g/mol. The third kappa shape index (κ3) is 1.95. The Morgan fingerprint density at radius 1 is 1.33 bits per heavy atom. The maximum atomic E-state index is 9.03. The van der Waals surface area contributed by atoms with E-state index in [-0.39, 0.29) is 6.10 Å². The topological polar surface area (TPSA) is 29.5 Å². The predicted octanol–water partition coefficient (Wildman–Crippen LogP) is 1.14. The zero-order valence-electron chi connectivity index (χ0n) is 6.00. The summed E-state index contributed by atoms with van der Waals surface area (Å²) < 4.78 is 5.11. The van der Waals surface area contributed by atoms with Gasteiger partial charge in [0, 0.05) is 6.42 Å². The van der Waals surface area contributed by atoms with Crippen LogP contribution >= 0.6 is 0 Å². The molecule has 1 heterocycles. The molecule has 2 heteroatoms. The van der Waals surface area contributed by atoms with Gasteiger partial charge in [-0.3, -0.25) is 0 Å². The van der Waals surface area contributed by atoms with Crippen LogP contribution in [-0.2, 0) is 4.74 Å². The number of aliphatic hydroxyl groups excluding tert-OH is 1. The van der Waals surface area contributed by atoms with Crippen molar-refractivity contribution < 1.29 is 9.84 Å². The van der Waals surface area contributed by atoms with Gasteiger partial charge >= 0.3 is 0 Å². The summed E-state index contributed by atoms with van der Waals surface area (Å²) in [6, 6.07) is 0. The molecule has 0 saturated carbocycles. The molecule has 1 saturated heterocycles. The molecule has 0 aromatic heterocycles. The SMILES string of the molecule is CC1C[C@H](C)O[C@@H](O)C1. The van der Waals surface area contributed by atoms with Crippen molar-refractivity contribution in [2.75, 3.05) is 0 Å². The molecule has 0 radical (unpaired) electrons. The highest BCUT2D eigenvalue weighted by molar-refractivity contribution is 4.66. The van der Waals surface area contributed by atoms with Crippen LogP contribution in [-0.4, -0.2) is 17.5 Å². The van der Waals surface area contributed by atoms with Gasteiger partial charge in [-0.05, 0) is 19.3 Å². The van der Waals surface area contributed by atoms with Gasteiger partial charge in [-0.2, -0.15) is 0 Å². The van der Waals surface area contributed by atoms with Crippen LogP contribution in [0.25, 0.3) is 0 Å². The number of hydrogen-bond donors (Lipinski definition) is 1. The second kappa shape index (κ2) is 2.67. The van der Waals surface area contributed by atoms with Crippen molar-refractivity contribution in [3.05, 3.63) is 0 Å². The Kier molecular flexibility index (Phi) is 2.09. The van der Waals surface area contributed by atoms with Gasteiger partial charge in [-0.25, -0.2) is 0 Å². The van der Waals surface area contributed by atoms with E-state index in [1.165, 1.54) is 0 Å². The van der Waals surface area contributed by atoms with Crippen molar-refractivity contribution in [3.63, 3.8) is 0 Å². The van der Waals surface area contributed by atoms with E-state index in [0.717, 1.165) is 12.8 Å². The van der Waals surface area contributed by atoms with Crippen LogP contribution in [0.3, 0.4) is 0 Å². The fraction of sp³-hybridized carbons (Fsp3) is 1.00. The van der Waals surface area contributed by atoms with Crippen molar-refractivity contribution in [1.82, 2.24) is 0 Å². The fourth-order valence-electron chi connectivity index (χ4n) is 1.39. The second-order valence-electron chi connectivity index (χ2n) is 2.98. The number of aliphatic hydroxyl groups is 1. The van der Waals surface area contributed by atoms with Gasteiger partial charge in [0.15, 0.2) is 6.29 Å². The molecule has 54 valence electrons. The fourth-order valence-corrected chi connectivity index (χ4v) is 1.39. The normalized spacial score (nSPS) is 45.0. The number of rotatable bonds is 0. The molecule has 0 aliphatic carbocycles. The van der Waals surface area contributed by atoms with Gasteiger partial charge < -0.3 is 9.84 Å². The summed E-state index contributed by atoms with van der Waals surface area (Å²) in [5.74, 6) is 0.615. The molecule has 1 aliphatic heterocycles. The van der Waals surface area contributed by atoms with Gasteiger partial charge in [0.2, 0.25) is 0 Å². The van der Waals surface area contributed by atoms with E-state index in [0.29, 0.717) is 5.92 Å². The van der Waals surface area contributed by atoms with Gasteiger partial charge in [0.25, 0.3) is 0 Å². The minimum atomic E-state index is -0.510. The lowest BCUT2D eigenvalue weighted by atomic mass is 9.98. The molecular formula is C7H14O2. The quantitative estimate of drug-likeness (QED) is 0.533. The summed E-state index contributed by atoms with van der Waals surface area (Å²) in [7, 11) is 0. The Labute approximate surface area is 55.8 Å². The average molecular weight is 130 g/mol. The Morgan fingerprint density at radius 3 is 2.44 bits per heavy atom. The van der Waals surface area contributed by atoms with E-state index in [2.05, 4.69) is 6.92 Å². The Morgan fingerprint density at radius 2 is 2.00 bits per heavy atom. The van der Waals surface area contributed by atoms with Crippen LogP contribution in [0.2, 0.25) is 0 Å². The lowest BCUT2D eigenvalue weighted by molar-refractivity contribution is -0.169. The van der Waals surface area contributed by atoms with Crippen LogP contribution < -0.4 is 0 Å². The Balaban J connectivity index is 2.34. The van der Waals surface area contributed by atoms with Crippen molar-refractivity contribution >= 4 is 0 Å². The van der Waals surface area contributed by atoms with E-state index in [1.807, 2.05) is 6.92 Å². The first-order valence-corrected chi connectivity index (χ1v) is 3.52.